The number of ketones is 1. The van der Waals surface area contributed by atoms with Crippen molar-refractivity contribution in [2.75, 3.05) is 0 Å². The van der Waals surface area contributed by atoms with E-state index in [1.54, 1.807) is 0 Å². The number of hydrogen-bond acceptors (Lipinski definition) is 5. The van der Waals surface area contributed by atoms with Gasteiger partial charge in [-0.25, -0.2) is 0 Å². The van der Waals surface area contributed by atoms with Crippen LogP contribution in [0.3, 0.4) is 0 Å². The van der Waals surface area contributed by atoms with Crippen molar-refractivity contribution < 1.29 is 19.2 Å². The van der Waals surface area contributed by atoms with Crippen molar-refractivity contribution in [3.8, 4) is 0 Å². The smallest absolute Gasteiger partial charge is 0.324 e. The molecule has 1 aliphatic heterocycles. The number of β-lactam (4-membered cyclic amide) rings is 1. The van der Waals surface area contributed by atoms with E-state index in [0.29, 0.717) is 0 Å². The normalized spacial score (nSPS) is 21.2. The van der Waals surface area contributed by atoms with Crippen LogP contribution >= 0.6 is 0 Å². The highest BCUT2D eigenvalue weighted by atomic mass is 16.7. The standard InChI is InChI=1S/C6H8N2O4/c7-12-4(9)2-1-3-5(10)6(11)8-3/h3H,1-2,7H2,(H,8,11). The molecule has 1 rings (SSSR count). The SMILES string of the molecule is NOC(=O)CCC1NC(=O)C1=O. The van der Waals surface area contributed by atoms with Gasteiger partial charge in [-0.15, -0.1) is 0 Å². The summed E-state index contributed by atoms with van der Waals surface area (Å²) in [6.45, 7) is 0. The van der Waals surface area contributed by atoms with E-state index >= 15 is 0 Å². The summed E-state index contributed by atoms with van der Waals surface area (Å²) in [5.41, 5.74) is 0. The molecular formula is C6H8N2O4. The van der Waals surface area contributed by atoms with Gasteiger partial charge in [0.25, 0.3) is 5.91 Å². The molecule has 1 heterocycles. The van der Waals surface area contributed by atoms with Crippen LogP contribution in [0, 0.1) is 0 Å². The number of carbonyl (C=O) groups is 3. The molecule has 1 fully saturated rings. The second kappa shape index (κ2) is 3.31. The third kappa shape index (κ3) is 1.59. The van der Waals surface area contributed by atoms with Gasteiger partial charge in [0.05, 0.1) is 6.04 Å². The van der Waals surface area contributed by atoms with Gasteiger partial charge in [0.15, 0.2) is 0 Å². The molecule has 0 aromatic heterocycles. The quantitative estimate of drug-likeness (QED) is 0.299. The molecule has 1 atom stereocenters. The van der Waals surface area contributed by atoms with Crippen LogP contribution in [0.4, 0.5) is 0 Å². The van der Waals surface area contributed by atoms with Gasteiger partial charge in [-0.3, -0.25) is 14.4 Å². The van der Waals surface area contributed by atoms with E-state index in [0.717, 1.165) is 0 Å². The van der Waals surface area contributed by atoms with Gasteiger partial charge >= 0.3 is 5.97 Å². The van der Waals surface area contributed by atoms with Crippen LogP contribution in [0.25, 0.3) is 0 Å². The van der Waals surface area contributed by atoms with Crippen molar-refractivity contribution in [2.45, 2.75) is 18.9 Å². The molecule has 66 valence electrons. The third-order valence-electron chi connectivity index (χ3n) is 1.61. The third-order valence-corrected chi connectivity index (χ3v) is 1.61. The first-order valence-corrected chi connectivity index (χ1v) is 3.39. The topological polar surface area (TPSA) is 98.5 Å². The number of rotatable bonds is 3. The minimum Gasteiger partial charge on any atom is -0.373 e. The highest BCUT2D eigenvalue weighted by Crippen LogP contribution is 2.07. The fourth-order valence-electron chi connectivity index (χ4n) is 0.900. The lowest BCUT2D eigenvalue weighted by Gasteiger charge is -2.23. The van der Waals surface area contributed by atoms with Crippen molar-refractivity contribution in [2.24, 2.45) is 5.90 Å². The molecular weight excluding hydrogens is 164 g/mol. The molecule has 1 aliphatic rings. The van der Waals surface area contributed by atoms with Crippen LogP contribution in [0.2, 0.25) is 0 Å². The number of Topliss-reactive ketones (excluding diaryl/α,β-unsaturated/α-hetero) is 1. The second-order valence-corrected chi connectivity index (χ2v) is 2.42. The van der Waals surface area contributed by atoms with Crippen molar-refractivity contribution in [3.63, 3.8) is 0 Å². The maximum Gasteiger partial charge on any atom is 0.324 e. The first kappa shape index (κ1) is 8.66. The average molecular weight is 172 g/mol. The Hall–Kier alpha value is -1.43. The highest BCUT2D eigenvalue weighted by molar-refractivity contribution is 6.44. The summed E-state index contributed by atoms with van der Waals surface area (Å²) in [6, 6.07) is -0.531. The van der Waals surface area contributed by atoms with Crippen molar-refractivity contribution in [3.05, 3.63) is 0 Å². The second-order valence-electron chi connectivity index (χ2n) is 2.42. The van der Waals surface area contributed by atoms with Gasteiger partial charge in [-0.05, 0) is 6.42 Å². The van der Waals surface area contributed by atoms with E-state index < -0.39 is 23.7 Å². The molecule has 0 spiro atoms. The highest BCUT2D eigenvalue weighted by Gasteiger charge is 2.36. The summed E-state index contributed by atoms with van der Waals surface area (Å²) >= 11 is 0. The summed E-state index contributed by atoms with van der Waals surface area (Å²) in [7, 11) is 0. The first-order valence-electron chi connectivity index (χ1n) is 3.39. The van der Waals surface area contributed by atoms with E-state index in [4.69, 9.17) is 0 Å². The Morgan fingerprint density at radius 3 is 2.67 bits per heavy atom. The largest absolute Gasteiger partial charge is 0.373 e. The van der Waals surface area contributed by atoms with E-state index in [1.165, 1.54) is 0 Å². The number of hydrogen-bond donors (Lipinski definition) is 2. The monoisotopic (exact) mass is 172 g/mol. The van der Waals surface area contributed by atoms with Gasteiger partial charge < -0.3 is 10.2 Å². The van der Waals surface area contributed by atoms with Gasteiger partial charge in [-0.2, -0.15) is 5.90 Å². The van der Waals surface area contributed by atoms with Crippen LogP contribution < -0.4 is 11.2 Å². The van der Waals surface area contributed by atoms with E-state index in [1.807, 2.05) is 0 Å². The molecule has 0 bridgehead atoms. The van der Waals surface area contributed by atoms with Gasteiger partial charge in [0.1, 0.15) is 0 Å². The predicted octanol–water partition coefficient (Wildman–Crippen LogP) is -1.75. The zero-order valence-electron chi connectivity index (χ0n) is 6.20. The van der Waals surface area contributed by atoms with E-state index in [2.05, 4.69) is 16.1 Å². The first-order chi connectivity index (χ1) is 5.65. The minimum absolute atomic E-state index is 0.0349. The predicted molar refractivity (Wildman–Crippen MR) is 36.5 cm³/mol. The summed E-state index contributed by atoms with van der Waals surface area (Å²) in [6.07, 6.45) is 0.286. The van der Waals surface area contributed by atoms with Crippen molar-refractivity contribution >= 4 is 17.7 Å². The molecule has 1 unspecified atom stereocenters. The maximum absolute atomic E-state index is 10.7. The van der Waals surface area contributed by atoms with Gasteiger partial charge in [0, 0.05) is 6.42 Å². The minimum atomic E-state index is -0.596. The van der Waals surface area contributed by atoms with Gasteiger partial charge in [0.2, 0.25) is 5.78 Å². The number of nitrogens with one attached hydrogen (secondary N) is 1. The van der Waals surface area contributed by atoms with Crippen molar-refractivity contribution in [1.29, 1.82) is 0 Å². The Morgan fingerprint density at radius 1 is 1.58 bits per heavy atom. The molecule has 6 heteroatoms. The fraction of sp³-hybridized carbons (Fsp3) is 0.500. The Labute approximate surface area is 68.0 Å². The molecule has 0 aromatic carbocycles. The Morgan fingerprint density at radius 2 is 2.25 bits per heavy atom. The molecule has 12 heavy (non-hydrogen) atoms. The molecule has 1 saturated heterocycles. The summed E-state index contributed by atoms with van der Waals surface area (Å²) < 4.78 is 0. The summed E-state index contributed by atoms with van der Waals surface area (Å²) in [5, 5.41) is 2.33. The lowest BCUT2D eigenvalue weighted by molar-refractivity contribution is -0.149. The van der Waals surface area contributed by atoms with Crippen LogP contribution in [0.1, 0.15) is 12.8 Å². The Bertz CT molecular complexity index is 238. The molecule has 6 nitrogen and oxygen atoms in total. The lowest BCUT2D eigenvalue weighted by atomic mass is 9.99. The summed E-state index contributed by atoms with van der Waals surface area (Å²) in [5.74, 6) is 2.88. The molecule has 0 aromatic rings. The van der Waals surface area contributed by atoms with Crippen molar-refractivity contribution in [1.82, 2.24) is 5.32 Å². The van der Waals surface area contributed by atoms with E-state index in [-0.39, 0.29) is 12.8 Å². The molecule has 0 radical (unpaired) electrons. The zero-order chi connectivity index (χ0) is 9.14. The van der Waals surface area contributed by atoms with Crippen LogP contribution in [-0.2, 0) is 19.2 Å². The Kier molecular flexibility index (Phi) is 2.39. The number of nitrogens with two attached hydrogens (primary N) is 1. The van der Waals surface area contributed by atoms with Gasteiger partial charge in [-0.1, -0.05) is 0 Å². The lowest BCUT2D eigenvalue weighted by Crippen LogP contribution is -2.59. The van der Waals surface area contributed by atoms with Crippen LogP contribution in [0.5, 0.6) is 0 Å². The number of amides is 1. The average Bonchev–Trinajstić information content (AvgIpc) is 2.10. The molecule has 0 aliphatic carbocycles. The maximum atomic E-state index is 10.7. The summed E-state index contributed by atoms with van der Waals surface area (Å²) in [4.78, 5) is 35.4. The molecule has 0 saturated carbocycles. The Balaban J connectivity index is 2.22. The molecule has 3 N–H and O–H groups in total. The number of carbonyl (C=O) groups excluding carboxylic acids is 3. The van der Waals surface area contributed by atoms with E-state index in [9.17, 15) is 14.4 Å². The van der Waals surface area contributed by atoms with Crippen LogP contribution in [-0.4, -0.2) is 23.7 Å². The van der Waals surface area contributed by atoms with Crippen LogP contribution in [0.15, 0.2) is 0 Å². The molecule has 1 amide bonds. The fourth-order valence-corrected chi connectivity index (χ4v) is 0.900. The zero-order valence-corrected chi connectivity index (χ0v) is 6.20.